The molecule has 7 nitrogen and oxygen atoms in total. The number of carbonyl (C=O) groups excluding carboxylic acids is 2. The van der Waals surface area contributed by atoms with E-state index in [0.29, 0.717) is 30.2 Å². The summed E-state index contributed by atoms with van der Waals surface area (Å²) < 4.78 is 7.06. The zero-order valence-electron chi connectivity index (χ0n) is 15.7. The molecule has 3 aromatic rings. The van der Waals surface area contributed by atoms with E-state index < -0.39 is 0 Å². The van der Waals surface area contributed by atoms with Gasteiger partial charge in [-0.1, -0.05) is 18.2 Å². The normalized spacial score (nSPS) is 14.8. The topological polar surface area (TPSA) is 80.4 Å². The van der Waals surface area contributed by atoms with Crippen LogP contribution in [-0.4, -0.2) is 39.6 Å². The molecule has 0 atom stereocenters. The van der Waals surface area contributed by atoms with Gasteiger partial charge in [0.15, 0.2) is 5.76 Å². The van der Waals surface area contributed by atoms with Gasteiger partial charge >= 0.3 is 0 Å². The second-order valence-corrected chi connectivity index (χ2v) is 6.93. The molecule has 0 spiro atoms. The average Bonchev–Trinajstić information content (AvgIpc) is 3.40. The van der Waals surface area contributed by atoms with E-state index >= 15 is 0 Å². The average molecular weight is 378 g/mol. The molecule has 28 heavy (non-hydrogen) atoms. The standard InChI is InChI=1S/C21H22N4O3/c1-15-5-2-3-6-17(15)20(26)23-19-8-11-22-25(19)16-9-12-24(13-10-16)21(27)18-7-4-14-28-18/h2-8,11,14,16H,9-10,12-13H2,1H3,(H,23,26). The van der Waals surface area contributed by atoms with Crippen LogP contribution < -0.4 is 5.32 Å². The fraction of sp³-hybridized carbons (Fsp3) is 0.286. The molecule has 1 fully saturated rings. The van der Waals surface area contributed by atoms with E-state index in [0.717, 1.165) is 18.4 Å². The van der Waals surface area contributed by atoms with Crippen LogP contribution in [0, 0.1) is 6.92 Å². The third-order valence-corrected chi connectivity index (χ3v) is 5.13. The zero-order valence-corrected chi connectivity index (χ0v) is 15.7. The van der Waals surface area contributed by atoms with Gasteiger partial charge in [0.2, 0.25) is 0 Å². The maximum atomic E-state index is 12.6. The number of aromatic nitrogens is 2. The van der Waals surface area contributed by atoms with Gasteiger partial charge in [0.1, 0.15) is 5.82 Å². The van der Waals surface area contributed by atoms with E-state index in [1.165, 1.54) is 6.26 Å². The lowest BCUT2D eigenvalue weighted by atomic mass is 10.0. The van der Waals surface area contributed by atoms with Crippen molar-refractivity contribution in [2.75, 3.05) is 18.4 Å². The number of nitrogens with one attached hydrogen (secondary N) is 1. The molecule has 0 radical (unpaired) electrons. The van der Waals surface area contributed by atoms with Crippen molar-refractivity contribution in [1.82, 2.24) is 14.7 Å². The summed E-state index contributed by atoms with van der Waals surface area (Å²) in [6, 6.07) is 12.8. The fourth-order valence-corrected chi connectivity index (χ4v) is 3.59. The van der Waals surface area contributed by atoms with Crippen LogP contribution >= 0.6 is 0 Å². The van der Waals surface area contributed by atoms with Gasteiger partial charge in [-0.15, -0.1) is 0 Å². The zero-order chi connectivity index (χ0) is 19.5. The van der Waals surface area contributed by atoms with Crippen LogP contribution in [-0.2, 0) is 0 Å². The van der Waals surface area contributed by atoms with E-state index in [9.17, 15) is 9.59 Å². The molecule has 0 unspecified atom stereocenters. The predicted octanol–water partition coefficient (Wildman–Crippen LogP) is 3.51. The number of hydrogen-bond acceptors (Lipinski definition) is 4. The number of nitrogens with zero attached hydrogens (tertiary/aromatic N) is 3. The Morgan fingerprint density at radius 3 is 2.61 bits per heavy atom. The summed E-state index contributed by atoms with van der Waals surface area (Å²) in [7, 11) is 0. The molecule has 7 heteroatoms. The van der Waals surface area contributed by atoms with Crippen molar-refractivity contribution in [3.05, 3.63) is 71.8 Å². The highest BCUT2D eigenvalue weighted by Gasteiger charge is 2.27. The Balaban J connectivity index is 1.42. The fourth-order valence-electron chi connectivity index (χ4n) is 3.59. The first-order valence-electron chi connectivity index (χ1n) is 9.37. The van der Waals surface area contributed by atoms with E-state index in [2.05, 4.69) is 10.4 Å². The minimum Gasteiger partial charge on any atom is -0.459 e. The number of hydrogen-bond donors (Lipinski definition) is 1. The number of anilines is 1. The van der Waals surface area contributed by atoms with E-state index in [4.69, 9.17) is 4.42 Å². The lowest BCUT2D eigenvalue weighted by Crippen LogP contribution is -2.39. The number of rotatable bonds is 4. The molecule has 1 aliphatic rings. The molecule has 0 saturated carbocycles. The summed E-state index contributed by atoms with van der Waals surface area (Å²) >= 11 is 0. The first-order valence-corrected chi connectivity index (χ1v) is 9.37. The van der Waals surface area contributed by atoms with Crippen molar-refractivity contribution in [3.8, 4) is 0 Å². The highest BCUT2D eigenvalue weighted by molar-refractivity contribution is 6.04. The molecule has 0 bridgehead atoms. The summed E-state index contributed by atoms with van der Waals surface area (Å²) in [5, 5.41) is 7.38. The quantitative estimate of drug-likeness (QED) is 0.753. The number of piperidine rings is 1. The summed E-state index contributed by atoms with van der Waals surface area (Å²) in [4.78, 5) is 26.8. The van der Waals surface area contributed by atoms with Crippen molar-refractivity contribution >= 4 is 17.6 Å². The molecule has 3 heterocycles. The van der Waals surface area contributed by atoms with E-state index in [1.54, 1.807) is 29.3 Å². The molecule has 144 valence electrons. The third-order valence-electron chi connectivity index (χ3n) is 5.13. The van der Waals surface area contributed by atoms with Gasteiger partial charge in [0.25, 0.3) is 11.8 Å². The monoisotopic (exact) mass is 378 g/mol. The highest BCUT2D eigenvalue weighted by atomic mass is 16.3. The number of aryl methyl sites for hydroxylation is 1. The summed E-state index contributed by atoms with van der Waals surface area (Å²) in [6.07, 6.45) is 4.73. The minimum absolute atomic E-state index is 0.0861. The number of benzene rings is 1. The SMILES string of the molecule is Cc1ccccc1C(=O)Nc1ccnn1C1CCN(C(=O)c2ccco2)CC1. The molecule has 1 aliphatic heterocycles. The first-order chi connectivity index (χ1) is 13.6. The Labute approximate surface area is 162 Å². The van der Waals surface area contributed by atoms with Crippen LogP contribution in [0.5, 0.6) is 0 Å². The molecule has 2 aromatic heterocycles. The summed E-state index contributed by atoms with van der Waals surface area (Å²) in [5.74, 6) is 0.801. The van der Waals surface area contributed by atoms with Crippen molar-refractivity contribution in [1.29, 1.82) is 0 Å². The van der Waals surface area contributed by atoms with Crippen LogP contribution in [0.1, 0.15) is 45.4 Å². The molecule has 1 aromatic carbocycles. The van der Waals surface area contributed by atoms with Gasteiger partial charge < -0.3 is 14.6 Å². The molecule has 1 N–H and O–H groups in total. The predicted molar refractivity (Wildman–Crippen MR) is 104 cm³/mol. The second-order valence-electron chi connectivity index (χ2n) is 6.93. The smallest absolute Gasteiger partial charge is 0.289 e. The lowest BCUT2D eigenvalue weighted by Gasteiger charge is -2.32. The molecule has 4 rings (SSSR count). The van der Waals surface area contributed by atoms with Crippen molar-refractivity contribution < 1.29 is 14.0 Å². The number of likely N-dealkylation sites (tertiary alicyclic amines) is 1. The Hall–Kier alpha value is -3.35. The van der Waals surface area contributed by atoms with Crippen molar-refractivity contribution in [3.63, 3.8) is 0 Å². The third kappa shape index (κ3) is 3.55. The molecule has 2 amide bonds. The van der Waals surface area contributed by atoms with Crippen molar-refractivity contribution in [2.45, 2.75) is 25.8 Å². The Kier molecular flexibility index (Phi) is 4.97. The molecular formula is C21H22N4O3. The molecular weight excluding hydrogens is 356 g/mol. The molecule has 1 saturated heterocycles. The van der Waals surface area contributed by atoms with Crippen LogP contribution in [0.25, 0.3) is 0 Å². The van der Waals surface area contributed by atoms with Gasteiger partial charge in [0, 0.05) is 24.7 Å². The van der Waals surface area contributed by atoms with E-state index in [-0.39, 0.29) is 17.9 Å². The van der Waals surface area contributed by atoms with Crippen LogP contribution in [0.15, 0.2) is 59.3 Å². The van der Waals surface area contributed by atoms with Crippen LogP contribution in [0.3, 0.4) is 0 Å². The van der Waals surface area contributed by atoms with Gasteiger partial charge in [0.05, 0.1) is 18.5 Å². The second kappa shape index (κ2) is 7.72. The number of amides is 2. The summed E-state index contributed by atoms with van der Waals surface area (Å²) in [6.45, 7) is 3.16. The highest BCUT2D eigenvalue weighted by Crippen LogP contribution is 2.26. The Morgan fingerprint density at radius 2 is 1.89 bits per heavy atom. The Morgan fingerprint density at radius 1 is 1.11 bits per heavy atom. The maximum Gasteiger partial charge on any atom is 0.289 e. The summed E-state index contributed by atoms with van der Waals surface area (Å²) in [5.41, 5.74) is 1.57. The minimum atomic E-state index is -0.148. The maximum absolute atomic E-state index is 12.6. The van der Waals surface area contributed by atoms with Gasteiger partial charge in [-0.2, -0.15) is 5.10 Å². The lowest BCUT2D eigenvalue weighted by molar-refractivity contribution is 0.0659. The van der Waals surface area contributed by atoms with Gasteiger partial charge in [-0.25, -0.2) is 4.68 Å². The van der Waals surface area contributed by atoms with Crippen molar-refractivity contribution in [2.24, 2.45) is 0 Å². The first kappa shape index (κ1) is 18.0. The van der Waals surface area contributed by atoms with Crippen LogP contribution in [0.4, 0.5) is 5.82 Å². The van der Waals surface area contributed by atoms with Gasteiger partial charge in [-0.3, -0.25) is 9.59 Å². The van der Waals surface area contributed by atoms with Crippen LogP contribution in [0.2, 0.25) is 0 Å². The molecule has 0 aliphatic carbocycles. The van der Waals surface area contributed by atoms with Gasteiger partial charge in [-0.05, 0) is 43.5 Å². The number of furan rings is 1. The van der Waals surface area contributed by atoms with E-state index in [1.807, 2.05) is 35.9 Å². The Bertz CT molecular complexity index is 969. The number of carbonyl (C=O) groups is 2. The largest absolute Gasteiger partial charge is 0.459 e.